The largest absolute Gasteiger partial charge is 0.344 e. The van der Waals surface area contributed by atoms with E-state index in [1.807, 2.05) is 85.0 Å². The molecular weight excluding hydrogens is 408 g/mol. The number of anilines is 2. The van der Waals surface area contributed by atoms with E-state index in [1.54, 1.807) is 11.0 Å². The van der Waals surface area contributed by atoms with Crippen LogP contribution in [0.1, 0.15) is 24.2 Å². The SMILES string of the molecule is CC(=O)N(c1ccccc1)c1nc(/C=C/C(=O)NC(CN(C)C)c2ccccc2)cs1. The maximum Gasteiger partial charge on any atom is 0.244 e. The number of carbonyl (C=O) groups is 2. The Morgan fingerprint density at radius 3 is 2.32 bits per heavy atom. The Morgan fingerprint density at radius 1 is 1.06 bits per heavy atom. The second-order valence-electron chi connectivity index (χ2n) is 7.31. The maximum atomic E-state index is 12.5. The highest BCUT2D eigenvalue weighted by molar-refractivity contribution is 7.14. The van der Waals surface area contributed by atoms with Crippen LogP contribution in [0.15, 0.2) is 72.1 Å². The van der Waals surface area contributed by atoms with Gasteiger partial charge in [0.2, 0.25) is 11.8 Å². The van der Waals surface area contributed by atoms with E-state index in [-0.39, 0.29) is 17.9 Å². The molecule has 0 bridgehead atoms. The van der Waals surface area contributed by atoms with Crippen molar-refractivity contribution in [2.45, 2.75) is 13.0 Å². The molecule has 0 aliphatic rings. The summed E-state index contributed by atoms with van der Waals surface area (Å²) < 4.78 is 0. The van der Waals surface area contributed by atoms with E-state index in [1.165, 1.54) is 24.3 Å². The van der Waals surface area contributed by atoms with Crippen molar-refractivity contribution in [3.05, 3.63) is 83.4 Å². The van der Waals surface area contributed by atoms with Gasteiger partial charge in [-0.3, -0.25) is 14.5 Å². The Labute approximate surface area is 186 Å². The van der Waals surface area contributed by atoms with E-state index in [4.69, 9.17) is 0 Å². The van der Waals surface area contributed by atoms with Crippen LogP contribution in [0.4, 0.5) is 10.8 Å². The van der Waals surface area contributed by atoms with Gasteiger partial charge < -0.3 is 10.2 Å². The van der Waals surface area contributed by atoms with Gasteiger partial charge in [-0.2, -0.15) is 0 Å². The summed E-state index contributed by atoms with van der Waals surface area (Å²) in [5.74, 6) is -0.319. The summed E-state index contributed by atoms with van der Waals surface area (Å²) in [5.41, 5.74) is 2.43. The number of para-hydroxylation sites is 1. The number of benzene rings is 2. The first-order valence-electron chi connectivity index (χ1n) is 9.93. The normalized spacial score (nSPS) is 12.1. The van der Waals surface area contributed by atoms with Crippen LogP contribution in [0.25, 0.3) is 6.08 Å². The van der Waals surface area contributed by atoms with E-state index in [2.05, 4.69) is 10.3 Å². The molecule has 3 aromatic rings. The van der Waals surface area contributed by atoms with Crippen LogP contribution in [0.3, 0.4) is 0 Å². The van der Waals surface area contributed by atoms with Crippen molar-refractivity contribution in [3.8, 4) is 0 Å². The Bertz CT molecular complexity index is 1030. The first kappa shape index (κ1) is 22.4. The molecule has 2 aromatic carbocycles. The summed E-state index contributed by atoms with van der Waals surface area (Å²) >= 11 is 1.36. The number of thiazole rings is 1. The molecule has 1 atom stereocenters. The molecule has 1 N–H and O–H groups in total. The van der Waals surface area contributed by atoms with Crippen LogP contribution >= 0.6 is 11.3 Å². The fourth-order valence-electron chi connectivity index (χ4n) is 3.13. The topological polar surface area (TPSA) is 65.5 Å². The number of aromatic nitrogens is 1. The quantitative estimate of drug-likeness (QED) is 0.538. The van der Waals surface area contributed by atoms with Gasteiger partial charge in [0.05, 0.1) is 17.4 Å². The van der Waals surface area contributed by atoms with Gasteiger partial charge >= 0.3 is 0 Å². The Kier molecular flexibility index (Phi) is 7.70. The molecular formula is C24H26N4O2S. The molecule has 0 fully saturated rings. The lowest BCUT2D eigenvalue weighted by Gasteiger charge is -2.22. The van der Waals surface area contributed by atoms with Crippen molar-refractivity contribution in [2.75, 3.05) is 25.5 Å². The minimum absolute atomic E-state index is 0.120. The van der Waals surface area contributed by atoms with Gasteiger partial charge in [-0.1, -0.05) is 48.5 Å². The zero-order valence-electron chi connectivity index (χ0n) is 17.9. The second kappa shape index (κ2) is 10.7. The molecule has 0 saturated carbocycles. The Hall–Kier alpha value is -3.29. The standard InChI is InChI=1S/C24H26N4O2S/c1-18(29)28(21-12-8-5-9-13-21)24-25-20(17-31-24)14-15-23(30)26-22(16-27(2)3)19-10-6-4-7-11-19/h4-15,17,22H,16H2,1-3H3,(H,26,30)/b15-14+. The summed E-state index contributed by atoms with van der Waals surface area (Å²) in [7, 11) is 3.95. The Balaban J connectivity index is 1.71. The average molecular weight is 435 g/mol. The fourth-order valence-corrected chi connectivity index (χ4v) is 3.98. The average Bonchev–Trinajstić information content (AvgIpc) is 3.21. The monoisotopic (exact) mass is 434 g/mol. The third-order valence-electron chi connectivity index (χ3n) is 4.50. The van der Waals surface area contributed by atoms with E-state index in [0.717, 1.165) is 11.3 Å². The predicted molar refractivity (Wildman–Crippen MR) is 126 cm³/mol. The number of likely N-dealkylation sites (N-methyl/N-ethyl adjacent to an activating group) is 1. The van der Waals surface area contributed by atoms with E-state index in [0.29, 0.717) is 17.4 Å². The zero-order valence-corrected chi connectivity index (χ0v) is 18.7. The highest BCUT2D eigenvalue weighted by atomic mass is 32.1. The minimum Gasteiger partial charge on any atom is -0.344 e. The van der Waals surface area contributed by atoms with Crippen LogP contribution in [-0.2, 0) is 9.59 Å². The molecule has 0 aliphatic carbocycles. The maximum absolute atomic E-state index is 12.5. The Morgan fingerprint density at radius 2 is 1.71 bits per heavy atom. The number of hydrogen-bond donors (Lipinski definition) is 1. The fraction of sp³-hybridized carbons (Fsp3) is 0.208. The molecule has 7 heteroatoms. The van der Waals surface area contributed by atoms with Gasteiger partial charge in [-0.25, -0.2) is 4.98 Å². The highest BCUT2D eigenvalue weighted by Gasteiger charge is 2.17. The molecule has 0 aliphatic heterocycles. The summed E-state index contributed by atoms with van der Waals surface area (Å²) in [6, 6.07) is 19.1. The van der Waals surface area contributed by atoms with Crippen LogP contribution in [-0.4, -0.2) is 42.3 Å². The first-order chi connectivity index (χ1) is 14.9. The summed E-state index contributed by atoms with van der Waals surface area (Å²) in [5, 5.41) is 5.44. The van der Waals surface area contributed by atoms with Crippen molar-refractivity contribution in [2.24, 2.45) is 0 Å². The lowest BCUT2D eigenvalue weighted by Crippen LogP contribution is -2.34. The lowest BCUT2D eigenvalue weighted by atomic mass is 10.1. The van der Waals surface area contributed by atoms with Crippen molar-refractivity contribution in [1.82, 2.24) is 15.2 Å². The predicted octanol–water partition coefficient (Wildman–Crippen LogP) is 4.26. The third kappa shape index (κ3) is 6.34. The van der Waals surface area contributed by atoms with E-state index in [9.17, 15) is 9.59 Å². The molecule has 2 amide bonds. The number of amides is 2. The van der Waals surface area contributed by atoms with Gasteiger partial charge in [-0.05, 0) is 37.9 Å². The number of carbonyl (C=O) groups excluding carboxylic acids is 2. The van der Waals surface area contributed by atoms with Gasteiger partial charge in [0, 0.05) is 24.9 Å². The molecule has 160 valence electrons. The van der Waals surface area contributed by atoms with Crippen molar-refractivity contribution in [3.63, 3.8) is 0 Å². The summed E-state index contributed by atoms with van der Waals surface area (Å²) in [4.78, 5) is 32.8. The number of hydrogen-bond acceptors (Lipinski definition) is 5. The van der Waals surface area contributed by atoms with Crippen LogP contribution < -0.4 is 10.2 Å². The van der Waals surface area contributed by atoms with Crippen molar-refractivity contribution < 1.29 is 9.59 Å². The molecule has 0 spiro atoms. The minimum atomic E-state index is -0.197. The molecule has 0 saturated heterocycles. The van der Waals surface area contributed by atoms with E-state index >= 15 is 0 Å². The van der Waals surface area contributed by atoms with Crippen molar-refractivity contribution >= 4 is 40.0 Å². The third-order valence-corrected chi connectivity index (χ3v) is 5.35. The van der Waals surface area contributed by atoms with Crippen LogP contribution in [0.2, 0.25) is 0 Å². The summed E-state index contributed by atoms with van der Waals surface area (Å²) in [6.07, 6.45) is 3.14. The number of nitrogens with one attached hydrogen (secondary N) is 1. The molecule has 31 heavy (non-hydrogen) atoms. The van der Waals surface area contributed by atoms with Crippen molar-refractivity contribution in [1.29, 1.82) is 0 Å². The number of nitrogens with zero attached hydrogens (tertiary/aromatic N) is 3. The van der Waals surface area contributed by atoms with Crippen LogP contribution in [0, 0.1) is 0 Å². The van der Waals surface area contributed by atoms with Gasteiger partial charge in [0.15, 0.2) is 5.13 Å². The van der Waals surface area contributed by atoms with Gasteiger partial charge in [0.25, 0.3) is 0 Å². The summed E-state index contributed by atoms with van der Waals surface area (Å²) in [6.45, 7) is 2.20. The van der Waals surface area contributed by atoms with Gasteiger partial charge in [0.1, 0.15) is 0 Å². The highest BCUT2D eigenvalue weighted by Crippen LogP contribution is 2.29. The molecule has 0 radical (unpaired) electrons. The zero-order chi connectivity index (χ0) is 22.2. The smallest absolute Gasteiger partial charge is 0.244 e. The molecule has 1 aromatic heterocycles. The lowest BCUT2D eigenvalue weighted by molar-refractivity contribution is -0.117. The first-order valence-corrected chi connectivity index (χ1v) is 10.8. The van der Waals surface area contributed by atoms with E-state index < -0.39 is 0 Å². The van der Waals surface area contributed by atoms with Gasteiger partial charge in [-0.15, -0.1) is 11.3 Å². The molecule has 1 heterocycles. The molecule has 6 nitrogen and oxygen atoms in total. The molecule has 3 rings (SSSR count). The second-order valence-corrected chi connectivity index (χ2v) is 8.15. The number of rotatable bonds is 8. The molecule has 1 unspecified atom stereocenters. The van der Waals surface area contributed by atoms with Crippen LogP contribution in [0.5, 0.6) is 0 Å².